The summed E-state index contributed by atoms with van der Waals surface area (Å²) in [6.07, 6.45) is 0. The van der Waals surface area contributed by atoms with E-state index in [1.807, 2.05) is 0 Å². The van der Waals surface area contributed by atoms with Crippen LogP contribution in [0.1, 0.15) is 18.1 Å². The third-order valence-corrected chi connectivity index (χ3v) is 5.90. The van der Waals surface area contributed by atoms with Gasteiger partial charge < -0.3 is 9.88 Å². The van der Waals surface area contributed by atoms with E-state index in [-0.39, 0.29) is 23.0 Å². The molecule has 166 valence electrons. The number of imidazole rings is 1. The second-order valence-corrected chi connectivity index (χ2v) is 8.96. The van der Waals surface area contributed by atoms with E-state index in [0.29, 0.717) is 22.3 Å². The Morgan fingerprint density at radius 2 is 1.75 bits per heavy atom. The van der Waals surface area contributed by atoms with Crippen molar-refractivity contribution in [1.29, 1.82) is 0 Å². The van der Waals surface area contributed by atoms with Gasteiger partial charge in [-0.05, 0) is 42.0 Å². The molecule has 0 radical (unpaired) electrons. The van der Waals surface area contributed by atoms with Crippen LogP contribution in [-0.4, -0.2) is 18.0 Å². The number of halogens is 3. The molecule has 1 aromatic heterocycles. The second kappa shape index (κ2) is 7.95. The Morgan fingerprint density at radius 1 is 1.06 bits per heavy atom. The number of anilines is 2. The number of nitrogens with two attached hydrogens (primary N) is 1. The summed E-state index contributed by atoms with van der Waals surface area (Å²) in [5.41, 5.74) is 1.64. The normalized spacial score (nSPS) is 12.3. The van der Waals surface area contributed by atoms with Gasteiger partial charge in [-0.15, -0.1) is 0 Å². The largest absolute Gasteiger partial charge is 0.326 e. The van der Waals surface area contributed by atoms with Gasteiger partial charge in [0.15, 0.2) is 0 Å². The van der Waals surface area contributed by atoms with Gasteiger partial charge in [0.1, 0.15) is 5.82 Å². The van der Waals surface area contributed by atoms with E-state index in [9.17, 15) is 21.6 Å². The molecule has 0 aliphatic carbocycles. The van der Waals surface area contributed by atoms with Crippen molar-refractivity contribution in [3.63, 3.8) is 0 Å². The van der Waals surface area contributed by atoms with Gasteiger partial charge in [-0.3, -0.25) is 0 Å². The van der Waals surface area contributed by atoms with Gasteiger partial charge in [-0.1, -0.05) is 24.3 Å². The van der Waals surface area contributed by atoms with Crippen LogP contribution >= 0.6 is 0 Å². The molecule has 0 saturated carbocycles. The van der Waals surface area contributed by atoms with Crippen LogP contribution in [0.2, 0.25) is 0 Å². The Hall–Kier alpha value is -3.37. The maximum absolute atomic E-state index is 14.1. The molecule has 0 aliphatic rings. The quantitative estimate of drug-likeness (QED) is 0.435. The van der Waals surface area contributed by atoms with Crippen molar-refractivity contribution in [3.8, 4) is 0 Å². The molecule has 0 spiro atoms. The lowest BCUT2D eigenvalue weighted by molar-refractivity contribution is 0.0165. The minimum Gasteiger partial charge on any atom is -0.326 e. The number of fused-ring (bicyclic) bond motifs is 1. The van der Waals surface area contributed by atoms with E-state index in [1.54, 1.807) is 22.8 Å². The summed E-state index contributed by atoms with van der Waals surface area (Å²) in [5.74, 6) is -3.24. The molecule has 0 fully saturated rings. The van der Waals surface area contributed by atoms with Gasteiger partial charge in [0.05, 0.1) is 22.5 Å². The topological polar surface area (TPSA) is 90.0 Å². The molecule has 32 heavy (non-hydrogen) atoms. The number of rotatable bonds is 6. The zero-order chi connectivity index (χ0) is 23.1. The molecule has 0 aliphatic heterocycles. The third kappa shape index (κ3) is 4.46. The monoisotopic (exact) mass is 460 g/mol. The zero-order valence-electron chi connectivity index (χ0n) is 16.9. The van der Waals surface area contributed by atoms with Crippen LogP contribution in [0.25, 0.3) is 11.0 Å². The molecular weight excluding hydrogens is 441 g/mol. The molecule has 0 atom stereocenters. The highest BCUT2D eigenvalue weighted by molar-refractivity contribution is 7.89. The maximum Gasteiger partial charge on any atom is 0.270 e. The Balaban J connectivity index is 1.78. The molecule has 4 aromatic rings. The number of aromatic nitrogens is 2. The Labute approximate surface area is 182 Å². The number of benzene rings is 3. The minimum absolute atomic E-state index is 0.0549. The van der Waals surface area contributed by atoms with Crippen molar-refractivity contribution in [1.82, 2.24) is 9.55 Å². The molecule has 0 saturated heterocycles. The smallest absolute Gasteiger partial charge is 0.270 e. The van der Waals surface area contributed by atoms with Gasteiger partial charge >= 0.3 is 0 Å². The van der Waals surface area contributed by atoms with Crippen LogP contribution in [-0.2, 0) is 22.5 Å². The number of alkyl halides is 2. The highest BCUT2D eigenvalue weighted by atomic mass is 32.2. The van der Waals surface area contributed by atoms with Crippen molar-refractivity contribution in [2.24, 2.45) is 5.14 Å². The lowest BCUT2D eigenvalue weighted by Gasteiger charge is -2.18. The number of primary sulfonamides is 1. The van der Waals surface area contributed by atoms with E-state index in [2.05, 4.69) is 10.3 Å². The Morgan fingerprint density at radius 3 is 2.41 bits per heavy atom. The molecular formula is C22H19F3N4O2S. The average Bonchev–Trinajstić information content (AvgIpc) is 3.03. The summed E-state index contributed by atoms with van der Waals surface area (Å²) in [5, 5.41) is 8.17. The predicted octanol–water partition coefficient (Wildman–Crippen LogP) is 4.73. The summed E-state index contributed by atoms with van der Waals surface area (Å²) >= 11 is 0. The summed E-state index contributed by atoms with van der Waals surface area (Å²) in [6.45, 7) is 0.888. The first-order chi connectivity index (χ1) is 15.0. The number of nitrogens with one attached hydrogen (secondary N) is 1. The highest BCUT2D eigenvalue weighted by Gasteiger charge is 2.27. The second-order valence-electron chi connectivity index (χ2n) is 7.39. The fourth-order valence-corrected chi connectivity index (χ4v) is 3.99. The fourth-order valence-electron chi connectivity index (χ4n) is 3.47. The summed E-state index contributed by atoms with van der Waals surface area (Å²) in [4.78, 5) is 4.35. The molecule has 0 unspecified atom stereocenters. The first kappa shape index (κ1) is 21.8. The van der Waals surface area contributed by atoms with Crippen LogP contribution in [0.4, 0.5) is 24.8 Å². The van der Waals surface area contributed by atoms with Gasteiger partial charge in [-0.25, -0.2) is 31.7 Å². The standard InChI is InChI=1S/C22H19F3N4O2S/c1-22(24,25)18-5-3-2-4-14(18)13-29-20-11-6-15(23)12-19(20)28-21(29)27-16-7-9-17(10-8-16)32(26,30)31/h2-12H,13H2,1H3,(H,27,28)(H2,26,30,31). The van der Waals surface area contributed by atoms with Crippen molar-refractivity contribution >= 4 is 32.7 Å². The average molecular weight is 460 g/mol. The van der Waals surface area contributed by atoms with Crippen molar-refractivity contribution < 1.29 is 21.6 Å². The Kier molecular flexibility index (Phi) is 5.43. The summed E-state index contributed by atoms with van der Waals surface area (Å²) in [6, 6.07) is 15.9. The van der Waals surface area contributed by atoms with Crippen molar-refractivity contribution in [2.45, 2.75) is 24.3 Å². The van der Waals surface area contributed by atoms with Gasteiger partial charge in [0, 0.05) is 24.2 Å². The minimum atomic E-state index is -3.85. The molecule has 4 rings (SSSR count). The Bertz CT molecular complexity index is 1400. The number of hydrogen-bond acceptors (Lipinski definition) is 4. The van der Waals surface area contributed by atoms with E-state index < -0.39 is 21.8 Å². The number of nitrogens with zero attached hydrogens (tertiary/aromatic N) is 2. The van der Waals surface area contributed by atoms with E-state index in [0.717, 1.165) is 6.92 Å². The van der Waals surface area contributed by atoms with Gasteiger partial charge in [0.2, 0.25) is 16.0 Å². The lowest BCUT2D eigenvalue weighted by atomic mass is 10.0. The lowest BCUT2D eigenvalue weighted by Crippen LogP contribution is -2.14. The van der Waals surface area contributed by atoms with Gasteiger partial charge in [-0.2, -0.15) is 0 Å². The summed E-state index contributed by atoms with van der Waals surface area (Å²) < 4.78 is 66.6. The van der Waals surface area contributed by atoms with Crippen LogP contribution in [0.3, 0.4) is 0 Å². The van der Waals surface area contributed by atoms with Crippen molar-refractivity contribution in [2.75, 3.05) is 5.32 Å². The fraction of sp³-hybridized carbons (Fsp3) is 0.136. The predicted molar refractivity (Wildman–Crippen MR) is 116 cm³/mol. The van der Waals surface area contributed by atoms with Gasteiger partial charge in [0.25, 0.3) is 5.92 Å². The maximum atomic E-state index is 14.1. The van der Waals surface area contributed by atoms with Crippen molar-refractivity contribution in [3.05, 3.63) is 83.7 Å². The highest BCUT2D eigenvalue weighted by Crippen LogP contribution is 2.32. The zero-order valence-corrected chi connectivity index (χ0v) is 17.7. The van der Waals surface area contributed by atoms with Crippen LogP contribution in [0.15, 0.2) is 71.6 Å². The molecule has 3 aromatic carbocycles. The van der Waals surface area contributed by atoms with Crippen LogP contribution < -0.4 is 10.5 Å². The SMILES string of the molecule is CC(F)(F)c1ccccc1Cn1c(Nc2ccc(S(N)(=O)=O)cc2)nc2cc(F)ccc21. The van der Waals surface area contributed by atoms with E-state index >= 15 is 0 Å². The van der Waals surface area contributed by atoms with E-state index in [4.69, 9.17) is 5.14 Å². The third-order valence-electron chi connectivity index (χ3n) is 4.97. The first-order valence-electron chi connectivity index (χ1n) is 9.54. The van der Waals surface area contributed by atoms with Crippen LogP contribution in [0.5, 0.6) is 0 Å². The van der Waals surface area contributed by atoms with E-state index in [1.165, 1.54) is 48.5 Å². The summed E-state index contributed by atoms with van der Waals surface area (Å²) in [7, 11) is -3.85. The molecule has 0 amide bonds. The molecule has 6 nitrogen and oxygen atoms in total. The molecule has 10 heteroatoms. The molecule has 1 heterocycles. The molecule has 3 N–H and O–H groups in total. The number of hydrogen-bond donors (Lipinski definition) is 2. The number of sulfonamides is 1. The first-order valence-corrected chi connectivity index (χ1v) is 11.1. The molecule has 0 bridgehead atoms. The van der Waals surface area contributed by atoms with Crippen LogP contribution in [0, 0.1) is 5.82 Å².